The Bertz CT molecular complexity index is 671. The molecule has 0 saturated carbocycles. The quantitative estimate of drug-likeness (QED) is 0.419. The van der Waals surface area contributed by atoms with Crippen molar-refractivity contribution in [1.82, 2.24) is 19.6 Å². The molecule has 8 heteroatoms. The number of ether oxygens (including phenoxy) is 2. The van der Waals surface area contributed by atoms with Crippen molar-refractivity contribution in [3.05, 3.63) is 24.7 Å². The third kappa shape index (κ3) is 7.57. The summed E-state index contributed by atoms with van der Waals surface area (Å²) in [5.41, 5.74) is 2.05. The number of rotatable bonds is 11. The summed E-state index contributed by atoms with van der Waals surface area (Å²) in [5.74, 6) is 0. The number of hydrogen-bond donors (Lipinski definition) is 0. The first-order chi connectivity index (χ1) is 12.1. The molecule has 0 bridgehead atoms. The second-order valence-corrected chi connectivity index (χ2v) is 20.4. The molecule has 0 amide bonds. The van der Waals surface area contributed by atoms with E-state index in [-0.39, 0.29) is 0 Å². The minimum atomic E-state index is -1.06. The lowest BCUT2D eigenvalue weighted by Gasteiger charge is -2.15. The van der Waals surface area contributed by atoms with Gasteiger partial charge in [-0.1, -0.05) is 39.3 Å². The van der Waals surface area contributed by atoms with Crippen molar-refractivity contribution in [2.75, 3.05) is 13.2 Å². The van der Waals surface area contributed by atoms with Gasteiger partial charge in [0.15, 0.2) is 0 Å². The minimum absolute atomic E-state index is 0.477. The molecule has 146 valence electrons. The van der Waals surface area contributed by atoms with E-state index in [1.54, 1.807) is 6.20 Å². The lowest BCUT2D eigenvalue weighted by atomic mass is 10.2. The molecular weight excluding hydrogens is 360 g/mol. The average Bonchev–Trinajstić information content (AvgIpc) is 3.15. The zero-order valence-electron chi connectivity index (χ0n) is 17.2. The van der Waals surface area contributed by atoms with Gasteiger partial charge in [0.05, 0.1) is 11.9 Å². The monoisotopic (exact) mass is 394 g/mol. The van der Waals surface area contributed by atoms with E-state index in [1.807, 2.05) is 27.8 Å². The molecule has 6 nitrogen and oxygen atoms in total. The predicted octanol–water partition coefficient (Wildman–Crippen LogP) is 4.37. The van der Waals surface area contributed by atoms with Crippen LogP contribution in [0.5, 0.6) is 0 Å². The molecular formula is C18H34N4O2Si2. The van der Waals surface area contributed by atoms with Gasteiger partial charge < -0.3 is 9.47 Å². The average molecular weight is 395 g/mol. The summed E-state index contributed by atoms with van der Waals surface area (Å²) in [5, 5.41) is 8.78. The molecule has 0 atom stereocenters. The van der Waals surface area contributed by atoms with Crippen LogP contribution in [0.3, 0.4) is 0 Å². The summed E-state index contributed by atoms with van der Waals surface area (Å²) in [4.78, 5) is 0. The first-order valence-electron chi connectivity index (χ1n) is 9.34. The van der Waals surface area contributed by atoms with Crippen molar-refractivity contribution in [2.45, 2.75) is 64.8 Å². The van der Waals surface area contributed by atoms with Crippen LogP contribution >= 0.6 is 0 Å². The SMILES string of the molecule is C[Si](C)(C)CCOCn1cc(-c2ccnn2COCC[Si](C)(C)C)cn1. The van der Waals surface area contributed by atoms with Crippen LogP contribution < -0.4 is 0 Å². The number of nitrogens with zero attached hydrogens (tertiary/aromatic N) is 4. The van der Waals surface area contributed by atoms with Crippen LogP contribution in [-0.4, -0.2) is 48.9 Å². The summed E-state index contributed by atoms with van der Waals surface area (Å²) in [6.45, 7) is 16.7. The van der Waals surface area contributed by atoms with Gasteiger partial charge in [-0.25, -0.2) is 9.36 Å². The van der Waals surface area contributed by atoms with Crippen LogP contribution in [0.1, 0.15) is 0 Å². The molecule has 0 saturated heterocycles. The molecule has 0 spiro atoms. The van der Waals surface area contributed by atoms with E-state index in [9.17, 15) is 0 Å². The number of hydrogen-bond acceptors (Lipinski definition) is 4. The lowest BCUT2D eigenvalue weighted by Crippen LogP contribution is -2.22. The maximum Gasteiger partial charge on any atom is 0.139 e. The summed E-state index contributed by atoms with van der Waals surface area (Å²) >= 11 is 0. The summed E-state index contributed by atoms with van der Waals surface area (Å²) in [7, 11) is -2.11. The minimum Gasteiger partial charge on any atom is -0.360 e. The zero-order valence-corrected chi connectivity index (χ0v) is 19.2. The fourth-order valence-corrected chi connectivity index (χ4v) is 3.83. The Hall–Kier alpha value is -1.23. The van der Waals surface area contributed by atoms with Gasteiger partial charge in [0, 0.05) is 47.3 Å². The van der Waals surface area contributed by atoms with Crippen LogP contribution in [0.15, 0.2) is 24.7 Å². The third-order valence-electron chi connectivity index (χ3n) is 4.08. The highest BCUT2D eigenvalue weighted by molar-refractivity contribution is 6.76. The van der Waals surface area contributed by atoms with E-state index in [0.29, 0.717) is 13.5 Å². The molecule has 0 N–H and O–H groups in total. The van der Waals surface area contributed by atoms with Crippen molar-refractivity contribution < 1.29 is 9.47 Å². The zero-order chi connectivity index (χ0) is 19.2. The Labute approximate surface area is 159 Å². The molecule has 26 heavy (non-hydrogen) atoms. The Morgan fingerprint density at radius 3 is 2.12 bits per heavy atom. The third-order valence-corrected chi connectivity index (χ3v) is 7.48. The van der Waals surface area contributed by atoms with Gasteiger partial charge >= 0.3 is 0 Å². The maximum absolute atomic E-state index is 5.82. The van der Waals surface area contributed by atoms with Gasteiger partial charge in [0.1, 0.15) is 13.5 Å². The smallest absolute Gasteiger partial charge is 0.139 e. The highest BCUT2D eigenvalue weighted by Crippen LogP contribution is 2.18. The molecule has 0 aliphatic rings. The fourth-order valence-electron chi connectivity index (χ4n) is 2.31. The molecule has 0 aliphatic carbocycles. The molecule has 0 unspecified atom stereocenters. The van der Waals surface area contributed by atoms with Crippen molar-refractivity contribution in [1.29, 1.82) is 0 Å². The van der Waals surface area contributed by atoms with E-state index in [1.165, 1.54) is 6.04 Å². The van der Waals surface area contributed by atoms with Crippen molar-refractivity contribution in [2.24, 2.45) is 0 Å². The van der Waals surface area contributed by atoms with Gasteiger partial charge in [0.2, 0.25) is 0 Å². The number of aromatic nitrogens is 4. The molecule has 0 radical (unpaired) electrons. The van der Waals surface area contributed by atoms with Gasteiger partial charge in [0.25, 0.3) is 0 Å². The molecule has 0 fully saturated rings. The van der Waals surface area contributed by atoms with Crippen LogP contribution in [0, 0.1) is 0 Å². The van der Waals surface area contributed by atoms with Gasteiger partial charge in [-0.3, -0.25) is 0 Å². The van der Waals surface area contributed by atoms with Crippen LogP contribution in [0.4, 0.5) is 0 Å². The summed E-state index contributed by atoms with van der Waals surface area (Å²) in [6.07, 6.45) is 5.67. The summed E-state index contributed by atoms with van der Waals surface area (Å²) < 4.78 is 15.3. The molecule has 2 aromatic heterocycles. The molecule has 2 rings (SSSR count). The van der Waals surface area contributed by atoms with E-state index in [0.717, 1.165) is 30.5 Å². The summed E-state index contributed by atoms with van der Waals surface area (Å²) in [6, 6.07) is 4.33. The molecule has 2 heterocycles. The Morgan fingerprint density at radius 2 is 1.50 bits per heavy atom. The molecule has 0 aromatic carbocycles. The van der Waals surface area contributed by atoms with Gasteiger partial charge in [-0.2, -0.15) is 10.2 Å². The Balaban J connectivity index is 1.84. The highest BCUT2D eigenvalue weighted by Gasteiger charge is 2.14. The van der Waals surface area contributed by atoms with Crippen LogP contribution in [-0.2, 0) is 22.9 Å². The maximum atomic E-state index is 5.82. The van der Waals surface area contributed by atoms with Crippen molar-refractivity contribution in [3.63, 3.8) is 0 Å². The Morgan fingerprint density at radius 1 is 0.885 bits per heavy atom. The first kappa shape index (κ1) is 21.1. The largest absolute Gasteiger partial charge is 0.360 e. The van der Waals surface area contributed by atoms with E-state index in [4.69, 9.17) is 9.47 Å². The molecule has 2 aromatic rings. The van der Waals surface area contributed by atoms with E-state index >= 15 is 0 Å². The van der Waals surface area contributed by atoms with Crippen molar-refractivity contribution >= 4 is 16.1 Å². The highest BCUT2D eigenvalue weighted by atomic mass is 28.3. The fraction of sp³-hybridized carbons (Fsp3) is 0.667. The van der Waals surface area contributed by atoms with Crippen LogP contribution in [0.2, 0.25) is 51.4 Å². The van der Waals surface area contributed by atoms with Gasteiger partial charge in [-0.05, 0) is 18.2 Å². The van der Waals surface area contributed by atoms with Crippen LogP contribution in [0.25, 0.3) is 11.3 Å². The van der Waals surface area contributed by atoms with Gasteiger partial charge in [-0.15, -0.1) is 0 Å². The topological polar surface area (TPSA) is 54.1 Å². The second-order valence-electron chi connectivity index (χ2n) is 9.18. The van der Waals surface area contributed by atoms with E-state index in [2.05, 4.69) is 49.5 Å². The Kier molecular flexibility index (Phi) is 7.39. The first-order valence-corrected chi connectivity index (χ1v) is 16.8. The van der Waals surface area contributed by atoms with Crippen molar-refractivity contribution in [3.8, 4) is 11.3 Å². The molecule has 0 aliphatic heterocycles. The van der Waals surface area contributed by atoms with E-state index < -0.39 is 16.1 Å². The standard InChI is InChI=1S/C18H34N4O2Si2/c1-25(2,3)11-9-23-15-21-14-17(13-20-21)18-7-8-19-22(18)16-24-10-12-26(4,5)6/h7-8,13-14H,9-12,15-16H2,1-6H3. The second kappa shape index (κ2) is 9.12. The normalized spacial score (nSPS) is 12.7. The lowest BCUT2D eigenvalue weighted by molar-refractivity contribution is 0.0784. The predicted molar refractivity (Wildman–Crippen MR) is 112 cm³/mol.